The molecule has 80 valence electrons. The van der Waals surface area contributed by atoms with Gasteiger partial charge in [-0.05, 0) is 24.0 Å². The Morgan fingerprint density at radius 3 is 2.60 bits per heavy atom. The van der Waals surface area contributed by atoms with Gasteiger partial charge in [0.05, 0.1) is 6.21 Å². The number of rotatable bonds is 3. The van der Waals surface area contributed by atoms with E-state index < -0.39 is 0 Å². The molecule has 5 N–H and O–H groups in total. The third kappa shape index (κ3) is 3.90. The predicted octanol–water partition coefficient (Wildman–Crippen LogP) is 0.520. The Kier molecular flexibility index (Phi) is 4.49. The minimum Gasteiger partial charge on any atom is -0.367 e. The van der Waals surface area contributed by atoms with Gasteiger partial charge in [-0.1, -0.05) is 12.1 Å². The van der Waals surface area contributed by atoms with Crippen molar-refractivity contribution in [3.63, 3.8) is 0 Å². The molecule has 0 aliphatic heterocycles. The zero-order valence-corrected chi connectivity index (χ0v) is 9.16. The van der Waals surface area contributed by atoms with Crippen molar-refractivity contribution in [1.29, 1.82) is 0 Å². The van der Waals surface area contributed by atoms with Crippen LogP contribution < -0.4 is 17.0 Å². The van der Waals surface area contributed by atoms with Crippen molar-refractivity contribution in [1.82, 2.24) is 5.43 Å². The monoisotopic (exact) mass is 223 g/mol. The van der Waals surface area contributed by atoms with Crippen LogP contribution in [-0.2, 0) is 0 Å². The van der Waals surface area contributed by atoms with Crippen molar-refractivity contribution < 1.29 is 0 Å². The average Bonchev–Trinajstić information content (AvgIpc) is 2.29. The van der Waals surface area contributed by atoms with Crippen molar-refractivity contribution in [2.45, 2.75) is 4.90 Å². The number of nitrogens with one attached hydrogen (secondary N) is 1. The third-order valence-corrected chi connectivity index (χ3v) is 2.39. The van der Waals surface area contributed by atoms with Crippen LogP contribution in [0.5, 0.6) is 0 Å². The fourth-order valence-corrected chi connectivity index (χ4v) is 1.30. The van der Waals surface area contributed by atoms with Crippen LogP contribution in [0.3, 0.4) is 0 Å². The second-order valence-electron chi connectivity index (χ2n) is 2.66. The van der Waals surface area contributed by atoms with Crippen molar-refractivity contribution in [2.24, 2.45) is 21.8 Å². The maximum Gasteiger partial charge on any atom is 0.231 e. The Morgan fingerprint density at radius 1 is 1.40 bits per heavy atom. The Hall–Kier alpha value is -1.69. The molecule has 0 fully saturated rings. The standard InChI is InChI=1S/C9H13N5S/c1-15-8-4-2-7(3-5-8)6-12-14-9(10)13-11/h2-6H,11H2,1H3,(H3,10,13,14). The van der Waals surface area contributed by atoms with Gasteiger partial charge in [0.1, 0.15) is 0 Å². The normalized spacial score (nSPS) is 11.9. The van der Waals surface area contributed by atoms with E-state index in [1.165, 1.54) is 4.90 Å². The highest BCUT2D eigenvalue weighted by atomic mass is 32.2. The van der Waals surface area contributed by atoms with Gasteiger partial charge in [0.15, 0.2) is 0 Å². The average molecular weight is 223 g/mol. The van der Waals surface area contributed by atoms with Crippen LogP contribution >= 0.6 is 11.8 Å². The number of thioether (sulfide) groups is 1. The van der Waals surface area contributed by atoms with Gasteiger partial charge in [0.2, 0.25) is 5.96 Å². The molecule has 5 nitrogen and oxygen atoms in total. The van der Waals surface area contributed by atoms with E-state index >= 15 is 0 Å². The molecule has 1 aromatic rings. The van der Waals surface area contributed by atoms with E-state index in [4.69, 9.17) is 11.6 Å². The van der Waals surface area contributed by atoms with Gasteiger partial charge in [-0.2, -0.15) is 5.10 Å². The molecule has 1 aromatic carbocycles. The molecule has 0 saturated heterocycles. The zero-order chi connectivity index (χ0) is 11.1. The summed E-state index contributed by atoms with van der Waals surface area (Å²) in [7, 11) is 0. The molecular weight excluding hydrogens is 210 g/mol. The lowest BCUT2D eigenvalue weighted by Crippen LogP contribution is -2.28. The SMILES string of the molecule is CSc1ccc(C=NNC(N)=NN)cc1. The van der Waals surface area contributed by atoms with E-state index in [1.54, 1.807) is 18.0 Å². The van der Waals surface area contributed by atoms with E-state index in [0.717, 1.165) is 5.56 Å². The Morgan fingerprint density at radius 2 is 2.07 bits per heavy atom. The first-order valence-corrected chi connectivity index (χ1v) is 5.45. The number of hydrogen-bond donors (Lipinski definition) is 3. The topological polar surface area (TPSA) is 88.8 Å². The molecule has 6 heteroatoms. The fraction of sp³-hybridized carbons (Fsp3) is 0.111. The molecule has 0 aliphatic rings. The maximum atomic E-state index is 5.28. The van der Waals surface area contributed by atoms with Crippen molar-refractivity contribution in [3.05, 3.63) is 29.8 Å². The first kappa shape index (κ1) is 11.4. The summed E-state index contributed by atoms with van der Waals surface area (Å²) in [6, 6.07) is 7.97. The van der Waals surface area contributed by atoms with Crippen molar-refractivity contribution in [2.75, 3.05) is 6.26 Å². The summed E-state index contributed by atoms with van der Waals surface area (Å²) in [6.45, 7) is 0. The Bertz CT molecular complexity index is 357. The zero-order valence-electron chi connectivity index (χ0n) is 8.34. The summed E-state index contributed by atoms with van der Waals surface area (Å²) in [5.74, 6) is 4.99. The summed E-state index contributed by atoms with van der Waals surface area (Å²) < 4.78 is 0. The summed E-state index contributed by atoms with van der Waals surface area (Å²) in [5.41, 5.74) is 8.73. The molecule has 0 radical (unpaired) electrons. The van der Waals surface area contributed by atoms with Crippen LogP contribution in [0.2, 0.25) is 0 Å². The highest BCUT2D eigenvalue weighted by Gasteiger charge is 1.90. The highest BCUT2D eigenvalue weighted by molar-refractivity contribution is 7.98. The van der Waals surface area contributed by atoms with Gasteiger partial charge < -0.3 is 11.6 Å². The smallest absolute Gasteiger partial charge is 0.231 e. The molecule has 0 heterocycles. The van der Waals surface area contributed by atoms with Gasteiger partial charge in [-0.15, -0.1) is 16.9 Å². The lowest BCUT2D eigenvalue weighted by atomic mass is 10.2. The third-order valence-electron chi connectivity index (χ3n) is 1.65. The van der Waals surface area contributed by atoms with Crippen LogP contribution in [0.15, 0.2) is 39.4 Å². The lowest BCUT2D eigenvalue weighted by Gasteiger charge is -1.97. The number of hydrogen-bond acceptors (Lipinski definition) is 4. The molecule has 0 spiro atoms. The molecule has 0 bridgehead atoms. The second kappa shape index (κ2) is 5.92. The summed E-state index contributed by atoms with van der Waals surface area (Å²) >= 11 is 1.69. The van der Waals surface area contributed by atoms with Crippen LogP contribution in [0, 0.1) is 0 Å². The van der Waals surface area contributed by atoms with Crippen molar-refractivity contribution in [3.8, 4) is 0 Å². The number of hydrazone groups is 2. The van der Waals surface area contributed by atoms with Crippen LogP contribution in [0.25, 0.3) is 0 Å². The van der Waals surface area contributed by atoms with Gasteiger partial charge >= 0.3 is 0 Å². The second-order valence-corrected chi connectivity index (χ2v) is 3.54. The van der Waals surface area contributed by atoms with Gasteiger partial charge in [0.25, 0.3) is 0 Å². The van der Waals surface area contributed by atoms with Gasteiger partial charge in [-0.25, -0.2) is 5.43 Å². The van der Waals surface area contributed by atoms with Gasteiger partial charge in [-0.3, -0.25) is 0 Å². The molecule has 0 amide bonds. The summed E-state index contributed by atoms with van der Waals surface area (Å²) in [4.78, 5) is 1.21. The summed E-state index contributed by atoms with van der Waals surface area (Å²) in [6.07, 6.45) is 3.67. The first-order valence-electron chi connectivity index (χ1n) is 4.22. The predicted molar refractivity (Wildman–Crippen MR) is 64.8 cm³/mol. The number of benzene rings is 1. The fourth-order valence-electron chi connectivity index (χ4n) is 0.892. The van der Waals surface area contributed by atoms with E-state index in [-0.39, 0.29) is 5.96 Å². The highest BCUT2D eigenvalue weighted by Crippen LogP contribution is 2.13. The molecule has 0 saturated carbocycles. The molecule has 15 heavy (non-hydrogen) atoms. The lowest BCUT2D eigenvalue weighted by molar-refractivity contribution is 0.993. The van der Waals surface area contributed by atoms with Crippen molar-refractivity contribution >= 4 is 23.9 Å². The van der Waals surface area contributed by atoms with E-state index in [1.807, 2.05) is 30.5 Å². The van der Waals surface area contributed by atoms with E-state index in [2.05, 4.69) is 15.6 Å². The first-order chi connectivity index (χ1) is 7.26. The quantitative estimate of drug-likeness (QED) is 0.229. The van der Waals surface area contributed by atoms with Crippen LogP contribution in [-0.4, -0.2) is 18.4 Å². The summed E-state index contributed by atoms with van der Waals surface area (Å²) in [5, 5.41) is 7.06. The largest absolute Gasteiger partial charge is 0.367 e. The van der Waals surface area contributed by atoms with E-state index in [0.29, 0.717) is 0 Å². The number of guanidine groups is 1. The van der Waals surface area contributed by atoms with Crippen LogP contribution in [0.4, 0.5) is 0 Å². The Labute approximate surface area is 92.6 Å². The van der Waals surface area contributed by atoms with Crippen LogP contribution in [0.1, 0.15) is 5.56 Å². The molecule has 1 rings (SSSR count). The van der Waals surface area contributed by atoms with Gasteiger partial charge in [0, 0.05) is 4.90 Å². The Balaban J connectivity index is 2.57. The number of nitrogens with two attached hydrogens (primary N) is 2. The maximum absolute atomic E-state index is 5.28. The molecular formula is C9H13N5S. The minimum absolute atomic E-state index is 0.0759. The van der Waals surface area contributed by atoms with E-state index in [9.17, 15) is 0 Å². The molecule has 0 unspecified atom stereocenters. The molecule has 0 aromatic heterocycles. The molecule has 0 aliphatic carbocycles. The molecule has 0 atom stereocenters. The number of nitrogens with zero attached hydrogens (tertiary/aromatic N) is 2. The minimum atomic E-state index is 0.0759.